The molecular formula is C17H26IN7O2. The standard InChI is InChI=1S/C17H25N7O2.HI/c1-3-18-17(20-12-16-21-13-22-23(16)2)19-11-5-4-6-14-7-9-15(10-8-14)24(25)26;/h7-10,13H,3-6,11-12H2,1-2H3,(H2,18,19,20);1H. The van der Waals surface area contributed by atoms with Crippen molar-refractivity contribution in [3.63, 3.8) is 0 Å². The monoisotopic (exact) mass is 487 g/mol. The summed E-state index contributed by atoms with van der Waals surface area (Å²) in [4.78, 5) is 18.9. The number of benzene rings is 1. The third-order valence-electron chi connectivity index (χ3n) is 3.86. The first-order valence-electron chi connectivity index (χ1n) is 8.68. The maximum absolute atomic E-state index is 10.6. The van der Waals surface area contributed by atoms with Crippen LogP contribution in [0.15, 0.2) is 35.6 Å². The number of aryl methyl sites for hydroxylation is 2. The van der Waals surface area contributed by atoms with Crippen molar-refractivity contribution in [2.75, 3.05) is 13.1 Å². The zero-order valence-corrected chi connectivity index (χ0v) is 17.9. The topological polar surface area (TPSA) is 110 Å². The minimum Gasteiger partial charge on any atom is -0.357 e. The smallest absolute Gasteiger partial charge is 0.269 e. The van der Waals surface area contributed by atoms with Crippen LogP contribution in [0.5, 0.6) is 0 Å². The first kappa shape index (κ1) is 22.8. The van der Waals surface area contributed by atoms with Gasteiger partial charge >= 0.3 is 0 Å². The van der Waals surface area contributed by atoms with E-state index in [2.05, 4.69) is 25.7 Å². The average Bonchev–Trinajstić information content (AvgIpc) is 3.04. The highest BCUT2D eigenvalue weighted by Crippen LogP contribution is 2.13. The van der Waals surface area contributed by atoms with Crippen LogP contribution >= 0.6 is 24.0 Å². The number of guanidine groups is 1. The number of rotatable bonds is 9. The summed E-state index contributed by atoms with van der Waals surface area (Å²) in [7, 11) is 1.84. The molecule has 1 heterocycles. The molecule has 0 radical (unpaired) electrons. The van der Waals surface area contributed by atoms with E-state index in [1.807, 2.05) is 26.1 Å². The number of halogens is 1. The average molecular weight is 487 g/mol. The molecule has 0 amide bonds. The molecule has 0 bridgehead atoms. The number of unbranched alkanes of at least 4 members (excludes halogenated alkanes) is 1. The minimum absolute atomic E-state index is 0. The van der Waals surface area contributed by atoms with E-state index in [0.717, 1.165) is 49.7 Å². The Morgan fingerprint density at radius 3 is 2.59 bits per heavy atom. The molecule has 9 nitrogen and oxygen atoms in total. The van der Waals surface area contributed by atoms with Gasteiger partial charge in [-0.15, -0.1) is 24.0 Å². The van der Waals surface area contributed by atoms with Crippen LogP contribution in [0.2, 0.25) is 0 Å². The van der Waals surface area contributed by atoms with Crippen LogP contribution in [0.4, 0.5) is 5.69 Å². The van der Waals surface area contributed by atoms with E-state index >= 15 is 0 Å². The summed E-state index contributed by atoms with van der Waals surface area (Å²) >= 11 is 0. The molecule has 0 aliphatic carbocycles. The lowest BCUT2D eigenvalue weighted by Crippen LogP contribution is -2.37. The Bertz CT molecular complexity index is 731. The van der Waals surface area contributed by atoms with Gasteiger partial charge in [0.15, 0.2) is 5.96 Å². The van der Waals surface area contributed by atoms with E-state index < -0.39 is 0 Å². The van der Waals surface area contributed by atoms with Gasteiger partial charge in [0.05, 0.1) is 4.92 Å². The zero-order chi connectivity index (χ0) is 18.8. The Balaban J connectivity index is 0.00000364. The largest absolute Gasteiger partial charge is 0.357 e. The van der Waals surface area contributed by atoms with E-state index in [0.29, 0.717) is 6.54 Å². The van der Waals surface area contributed by atoms with Gasteiger partial charge in [-0.05, 0) is 31.7 Å². The molecule has 0 saturated heterocycles. The van der Waals surface area contributed by atoms with Gasteiger partial charge in [-0.25, -0.2) is 9.98 Å². The number of hydrogen-bond acceptors (Lipinski definition) is 5. The van der Waals surface area contributed by atoms with E-state index in [4.69, 9.17) is 0 Å². The van der Waals surface area contributed by atoms with Gasteiger partial charge in [0.1, 0.15) is 18.7 Å². The number of nitro groups is 1. The Labute approximate surface area is 175 Å². The van der Waals surface area contributed by atoms with E-state index in [-0.39, 0.29) is 34.6 Å². The molecule has 0 atom stereocenters. The van der Waals surface area contributed by atoms with Gasteiger partial charge in [-0.2, -0.15) is 5.10 Å². The van der Waals surface area contributed by atoms with E-state index in [9.17, 15) is 10.1 Å². The van der Waals surface area contributed by atoms with Crippen LogP contribution in [0.25, 0.3) is 0 Å². The number of aliphatic imine (C=N–C) groups is 1. The van der Waals surface area contributed by atoms with Crippen LogP contribution in [0, 0.1) is 10.1 Å². The lowest BCUT2D eigenvalue weighted by Gasteiger charge is -2.11. The molecule has 0 spiro atoms. The lowest BCUT2D eigenvalue weighted by atomic mass is 10.1. The predicted octanol–water partition coefficient (Wildman–Crippen LogP) is 2.42. The van der Waals surface area contributed by atoms with E-state index in [1.54, 1.807) is 16.8 Å². The van der Waals surface area contributed by atoms with Gasteiger partial charge < -0.3 is 10.6 Å². The Hall–Kier alpha value is -2.24. The number of non-ortho nitro benzene ring substituents is 1. The second-order valence-electron chi connectivity index (χ2n) is 5.80. The molecule has 10 heteroatoms. The molecule has 1 aromatic heterocycles. The maximum atomic E-state index is 10.6. The van der Waals surface area contributed by atoms with Crippen LogP contribution in [0.1, 0.15) is 31.2 Å². The molecule has 0 fully saturated rings. The summed E-state index contributed by atoms with van der Waals surface area (Å²) in [6.45, 7) is 4.08. The Kier molecular flexibility index (Phi) is 10.3. The maximum Gasteiger partial charge on any atom is 0.269 e. The fourth-order valence-electron chi connectivity index (χ4n) is 2.40. The molecule has 1 aromatic carbocycles. The highest BCUT2D eigenvalue weighted by Gasteiger charge is 2.04. The molecular weight excluding hydrogens is 461 g/mol. The highest BCUT2D eigenvalue weighted by molar-refractivity contribution is 14.0. The van der Waals surface area contributed by atoms with Gasteiger partial charge in [0, 0.05) is 32.3 Å². The Morgan fingerprint density at radius 1 is 1.26 bits per heavy atom. The fourth-order valence-corrected chi connectivity index (χ4v) is 2.40. The molecule has 0 saturated carbocycles. The van der Waals surface area contributed by atoms with Crippen LogP contribution in [-0.2, 0) is 20.0 Å². The third-order valence-corrected chi connectivity index (χ3v) is 3.86. The SMILES string of the molecule is CCNC(=NCc1ncnn1C)NCCCCc1ccc([N+](=O)[O-])cc1.I. The number of nitrogens with zero attached hydrogens (tertiary/aromatic N) is 5. The van der Waals surface area contributed by atoms with Crippen LogP contribution in [-0.4, -0.2) is 38.7 Å². The van der Waals surface area contributed by atoms with Crippen molar-refractivity contribution in [1.82, 2.24) is 25.4 Å². The van der Waals surface area contributed by atoms with Crippen molar-refractivity contribution in [3.8, 4) is 0 Å². The summed E-state index contributed by atoms with van der Waals surface area (Å²) < 4.78 is 1.71. The van der Waals surface area contributed by atoms with Gasteiger partial charge in [-0.3, -0.25) is 14.8 Å². The number of hydrogen-bond donors (Lipinski definition) is 2. The summed E-state index contributed by atoms with van der Waals surface area (Å²) in [5.74, 6) is 1.56. The summed E-state index contributed by atoms with van der Waals surface area (Å²) in [6, 6.07) is 6.74. The normalized spacial score (nSPS) is 11.0. The molecule has 0 aliphatic heterocycles. The first-order valence-corrected chi connectivity index (χ1v) is 8.68. The highest BCUT2D eigenvalue weighted by atomic mass is 127. The molecule has 2 rings (SSSR count). The number of nitro benzene ring substituents is 1. The van der Waals surface area contributed by atoms with Crippen molar-refractivity contribution in [3.05, 3.63) is 52.1 Å². The minimum atomic E-state index is -0.379. The van der Waals surface area contributed by atoms with Gasteiger partial charge in [0.25, 0.3) is 5.69 Å². The third kappa shape index (κ3) is 7.89. The van der Waals surface area contributed by atoms with Crippen molar-refractivity contribution in [1.29, 1.82) is 0 Å². The lowest BCUT2D eigenvalue weighted by molar-refractivity contribution is -0.384. The number of nitrogens with one attached hydrogen (secondary N) is 2. The van der Waals surface area contributed by atoms with Crippen molar-refractivity contribution in [2.24, 2.45) is 12.0 Å². The van der Waals surface area contributed by atoms with Gasteiger partial charge in [0.2, 0.25) is 0 Å². The van der Waals surface area contributed by atoms with Crippen molar-refractivity contribution >= 4 is 35.6 Å². The van der Waals surface area contributed by atoms with Crippen molar-refractivity contribution < 1.29 is 4.92 Å². The zero-order valence-electron chi connectivity index (χ0n) is 15.6. The summed E-state index contributed by atoms with van der Waals surface area (Å²) in [6.07, 6.45) is 4.38. The Morgan fingerprint density at radius 2 is 2.00 bits per heavy atom. The first-order chi connectivity index (χ1) is 12.6. The molecule has 27 heavy (non-hydrogen) atoms. The number of aromatic nitrogens is 3. The summed E-state index contributed by atoms with van der Waals surface area (Å²) in [5.41, 5.74) is 1.24. The van der Waals surface area contributed by atoms with Crippen LogP contribution in [0.3, 0.4) is 0 Å². The summed E-state index contributed by atoms with van der Waals surface area (Å²) in [5, 5.41) is 21.2. The van der Waals surface area contributed by atoms with Crippen LogP contribution < -0.4 is 10.6 Å². The quantitative estimate of drug-likeness (QED) is 0.140. The molecule has 2 aromatic rings. The fraction of sp³-hybridized carbons (Fsp3) is 0.471. The molecule has 148 valence electrons. The molecule has 2 N–H and O–H groups in total. The second-order valence-corrected chi connectivity index (χ2v) is 5.80. The predicted molar refractivity (Wildman–Crippen MR) is 115 cm³/mol. The van der Waals surface area contributed by atoms with Crippen molar-refractivity contribution in [2.45, 2.75) is 32.7 Å². The van der Waals surface area contributed by atoms with Gasteiger partial charge in [-0.1, -0.05) is 12.1 Å². The second kappa shape index (κ2) is 12.2. The van der Waals surface area contributed by atoms with E-state index in [1.165, 1.54) is 6.33 Å². The molecule has 0 aliphatic rings. The molecule has 0 unspecified atom stereocenters.